The van der Waals surface area contributed by atoms with E-state index in [4.69, 9.17) is 4.74 Å². The smallest absolute Gasteiger partial charge is 0.407 e. The van der Waals surface area contributed by atoms with Gasteiger partial charge in [-0.15, -0.1) is 0 Å². The number of benzene rings is 1. The molecule has 0 saturated heterocycles. The summed E-state index contributed by atoms with van der Waals surface area (Å²) in [6, 6.07) is 6.20. The summed E-state index contributed by atoms with van der Waals surface area (Å²) in [6.45, 7) is 5.08. The molecule has 170 valence electrons. The molecule has 1 aromatic heterocycles. The highest BCUT2D eigenvalue weighted by molar-refractivity contribution is 6.06. The zero-order chi connectivity index (χ0) is 23.3. The number of aromatic nitrogens is 2. The topological polar surface area (TPSA) is 142 Å². The van der Waals surface area contributed by atoms with E-state index in [-0.39, 0.29) is 35.1 Å². The van der Waals surface area contributed by atoms with Gasteiger partial charge in [-0.3, -0.25) is 19.5 Å². The Morgan fingerprint density at radius 3 is 2.66 bits per heavy atom. The van der Waals surface area contributed by atoms with Crippen LogP contribution in [0.3, 0.4) is 0 Å². The third-order valence-corrected chi connectivity index (χ3v) is 5.10. The summed E-state index contributed by atoms with van der Waals surface area (Å²) >= 11 is 0. The Bertz CT molecular complexity index is 1020. The van der Waals surface area contributed by atoms with Crippen molar-refractivity contribution < 1.29 is 23.9 Å². The first-order valence-corrected chi connectivity index (χ1v) is 10.5. The predicted molar refractivity (Wildman–Crippen MR) is 118 cm³/mol. The fourth-order valence-corrected chi connectivity index (χ4v) is 3.65. The second-order valence-electron chi connectivity index (χ2n) is 8.10. The SMILES string of the molecule is CC(=O)Nc1ccc(C(=O)Nc2cc([C@H]3CC[C@@H](OC(=O)NC(C)C)C3)[nH]n2)cc1C=O. The van der Waals surface area contributed by atoms with Gasteiger partial charge in [0.2, 0.25) is 5.91 Å². The summed E-state index contributed by atoms with van der Waals surface area (Å²) in [4.78, 5) is 46.9. The third kappa shape index (κ3) is 5.93. The zero-order valence-corrected chi connectivity index (χ0v) is 18.2. The molecule has 3 amide bonds. The molecule has 0 unspecified atom stereocenters. The number of nitrogens with one attached hydrogen (secondary N) is 4. The molecule has 0 spiro atoms. The van der Waals surface area contributed by atoms with Crippen LogP contribution >= 0.6 is 0 Å². The molecule has 32 heavy (non-hydrogen) atoms. The van der Waals surface area contributed by atoms with E-state index in [1.807, 2.05) is 13.8 Å². The number of carbonyl (C=O) groups excluding carboxylic acids is 4. The maximum absolute atomic E-state index is 12.6. The van der Waals surface area contributed by atoms with Crippen LogP contribution in [0.25, 0.3) is 0 Å². The Kier molecular flexibility index (Phi) is 7.24. The van der Waals surface area contributed by atoms with Gasteiger partial charge in [0.15, 0.2) is 12.1 Å². The van der Waals surface area contributed by atoms with Crippen LogP contribution in [0.2, 0.25) is 0 Å². The number of hydrogen-bond acceptors (Lipinski definition) is 6. The minimum Gasteiger partial charge on any atom is -0.446 e. The average Bonchev–Trinajstić information content (AvgIpc) is 3.36. The van der Waals surface area contributed by atoms with Gasteiger partial charge in [-0.05, 0) is 51.3 Å². The van der Waals surface area contributed by atoms with Crippen LogP contribution in [0.4, 0.5) is 16.3 Å². The van der Waals surface area contributed by atoms with E-state index in [0.717, 1.165) is 18.5 Å². The number of aromatic amines is 1. The minimum absolute atomic E-state index is 0.0164. The molecule has 1 heterocycles. The lowest BCUT2D eigenvalue weighted by molar-refractivity contribution is -0.114. The second-order valence-corrected chi connectivity index (χ2v) is 8.10. The number of nitrogens with zero attached hydrogens (tertiary/aromatic N) is 1. The number of aldehydes is 1. The molecule has 0 bridgehead atoms. The molecule has 3 rings (SSSR count). The van der Waals surface area contributed by atoms with E-state index in [1.54, 1.807) is 6.07 Å². The van der Waals surface area contributed by atoms with Crippen molar-refractivity contribution in [3.8, 4) is 0 Å². The molecule has 4 N–H and O–H groups in total. The Labute approximate surface area is 185 Å². The monoisotopic (exact) mass is 441 g/mol. The number of hydrogen-bond donors (Lipinski definition) is 4. The summed E-state index contributed by atoms with van der Waals surface area (Å²) in [5.41, 5.74) is 1.65. The third-order valence-electron chi connectivity index (χ3n) is 5.10. The molecule has 1 fully saturated rings. The quantitative estimate of drug-likeness (QED) is 0.486. The summed E-state index contributed by atoms with van der Waals surface area (Å²) in [7, 11) is 0. The van der Waals surface area contributed by atoms with E-state index < -0.39 is 12.0 Å². The van der Waals surface area contributed by atoms with Crippen molar-refractivity contribution in [2.24, 2.45) is 0 Å². The van der Waals surface area contributed by atoms with E-state index >= 15 is 0 Å². The lowest BCUT2D eigenvalue weighted by Gasteiger charge is -2.14. The highest BCUT2D eigenvalue weighted by atomic mass is 16.6. The standard InChI is InChI=1S/C22H27N5O5/c1-12(2)23-22(31)32-17-6-4-14(9-17)19-10-20(27-26-19)25-21(30)15-5-7-18(24-13(3)29)16(8-15)11-28/h5,7-8,10-12,14,17H,4,6,9H2,1-3H3,(H,23,31)(H,24,29)(H2,25,26,27,30)/t14-,17+/m0/s1. The molecule has 1 aromatic carbocycles. The van der Waals surface area contributed by atoms with E-state index in [0.29, 0.717) is 24.2 Å². The highest BCUT2D eigenvalue weighted by Crippen LogP contribution is 2.35. The Morgan fingerprint density at radius 1 is 1.19 bits per heavy atom. The van der Waals surface area contributed by atoms with Crippen LogP contribution in [0, 0.1) is 0 Å². The van der Waals surface area contributed by atoms with Gasteiger partial charge in [0.05, 0.1) is 5.69 Å². The summed E-state index contributed by atoms with van der Waals surface area (Å²) in [5.74, 6) is -0.248. The van der Waals surface area contributed by atoms with Gasteiger partial charge >= 0.3 is 6.09 Å². The van der Waals surface area contributed by atoms with Crippen molar-refractivity contribution in [1.29, 1.82) is 0 Å². The van der Waals surface area contributed by atoms with Crippen LogP contribution in [-0.4, -0.2) is 46.5 Å². The Hall–Kier alpha value is -3.69. The first-order chi connectivity index (χ1) is 15.2. The molecule has 2 atom stereocenters. The van der Waals surface area contributed by atoms with E-state index in [2.05, 4.69) is 26.1 Å². The fourth-order valence-electron chi connectivity index (χ4n) is 3.65. The number of rotatable bonds is 7. The number of amides is 3. The van der Waals surface area contributed by atoms with Gasteiger partial charge in [-0.2, -0.15) is 5.10 Å². The molecule has 1 aliphatic carbocycles. The summed E-state index contributed by atoms with van der Waals surface area (Å²) in [6.07, 6.45) is 2.27. The van der Waals surface area contributed by atoms with Gasteiger partial charge in [0.25, 0.3) is 5.91 Å². The normalized spacial score (nSPS) is 17.6. The van der Waals surface area contributed by atoms with Gasteiger partial charge in [0.1, 0.15) is 6.10 Å². The largest absolute Gasteiger partial charge is 0.446 e. The second kappa shape index (κ2) is 10.1. The van der Waals surface area contributed by atoms with Crippen LogP contribution in [0.5, 0.6) is 0 Å². The van der Waals surface area contributed by atoms with Gasteiger partial charge in [-0.1, -0.05) is 0 Å². The summed E-state index contributed by atoms with van der Waals surface area (Å²) < 4.78 is 5.45. The molecular formula is C22H27N5O5. The number of carbonyl (C=O) groups is 4. The Balaban J connectivity index is 1.59. The van der Waals surface area contributed by atoms with Crippen molar-refractivity contribution in [2.75, 3.05) is 10.6 Å². The van der Waals surface area contributed by atoms with E-state index in [9.17, 15) is 19.2 Å². The van der Waals surface area contributed by atoms with Crippen molar-refractivity contribution in [3.63, 3.8) is 0 Å². The van der Waals surface area contributed by atoms with Crippen molar-refractivity contribution in [2.45, 2.75) is 58.1 Å². The first-order valence-electron chi connectivity index (χ1n) is 10.5. The number of anilines is 2. The van der Waals surface area contributed by atoms with Crippen LogP contribution in [-0.2, 0) is 9.53 Å². The highest BCUT2D eigenvalue weighted by Gasteiger charge is 2.30. The van der Waals surface area contributed by atoms with Gasteiger partial charge < -0.3 is 20.7 Å². The molecule has 0 radical (unpaired) electrons. The average molecular weight is 441 g/mol. The van der Waals surface area contributed by atoms with Crippen LogP contribution in [0.1, 0.15) is 72.4 Å². The zero-order valence-electron chi connectivity index (χ0n) is 18.2. The molecule has 2 aromatic rings. The maximum atomic E-state index is 12.6. The van der Waals surface area contributed by atoms with Gasteiger partial charge in [0, 0.05) is 41.8 Å². The van der Waals surface area contributed by atoms with Crippen molar-refractivity contribution >= 4 is 35.7 Å². The lowest BCUT2D eigenvalue weighted by Crippen LogP contribution is -2.33. The molecular weight excluding hydrogens is 414 g/mol. The molecule has 1 aliphatic rings. The summed E-state index contributed by atoms with van der Waals surface area (Å²) in [5, 5.41) is 15.0. The number of ether oxygens (including phenoxy) is 1. The van der Waals surface area contributed by atoms with Crippen LogP contribution in [0.15, 0.2) is 24.3 Å². The minimum atomic E-state index is -0.432. The predicted octanol–water partition coefficient (Wildman–Crippen LogP) is 3.20. The van der Waals surface area contributed by atoms with Crippen LogP contribution < -0.4 is 16.0 Å². The molecule has 0 aliphatic heterocycles. The van der Waals surface area contributed by atoms with Crippen molar-refractivity contribution in [3.05, 3.63) is 41.1 Å². The number of alkyl carbamates (subject to hydrolysis) is 1. The molecule has 10 nitrogen and oxygen atoms in total. The lowest BCUT2D eigenvalue weighted by atomic mass is 10.0. The van der Waals surface area contributed by atoms with Gasteiger partial charge in [-0.25, -0.2) is 4.79 Å². The fraction of sp³-hybridized carbons (Fsp3) is 0.409. The van der Waals surface area contributed by atoms with Crippen molar-refractivity contribution in [1.82, 2.24) is 15.5 Å². The molecule has 1 saturated carbocycles. The number of H-pyrrole nitrogens is 1. The first kappa shape index (κ1) is 23.0. The van der Waals surface area contributed by atoms with E-state index in [1.165, 1.54) is 25.1 Å². The molecule has 10 heteroatoms. The Morgan fingerprint density at radius 2 is 1.97 bits per heavy atom. The maximum Gasteiger partial charge on any atom is 0.407 e.